The lowest BCUT2D eigenvalue weighted by Crippen LogP contribution is -2.08. The Morgan fingerprint density at radius 1 is 1.58 bits per heavy atom. The molecule has 0 saturated heterocycles. The number of nitrogen functional groups attached to an aromatic ring is 1. The van der Waals surface area contributed by atoms with Crippen LogP contribution < -0.4 is 11.3 Å². The lowest BCUT2D eigenvalue weighted by Gasteiger charge is -1.91. The Labute approximate surface area is 69.2 Å². The highest BCUT2D eigenvalue weighted by Gasteiger charge is 2.02. The van der Waals surface area contributed by atoms with Crippen molar-refractivity contribution in [1.82, 2.24) is 14.6 Å². The molecule has 12 heavy (non-hydrogen) atoms. The Kier molecular flexibility index (Phi) is 1.44. The molecule has 0 radical (unpaired) electrons. The van der Waals surface area contributed by atoms with Crippen LogP contribution in [0, 0.1) is 6.92 Å². The molecule has 0 amide bonds. The molecule has 0 atom stereocenters. The second-order valence-corrected chi connectivity index (χ2v) is 2.54. The van der Waals surface area contributed by atoms with Crippen LogP contribution in [0.25, 0.3) is 5.65 Å². The normalized spacial score (nSPS) is 10.5. The highest BCUT2D eigenvalue weighted by atomic mass is 15.4. The molecule has 62 valence electrons. The molecule has 2 heterocycles. The van der Waals surface area contributed by atoms with E-state index < -0.39 is 0 Å². The maximum absolute atomic E-state index is 5.18. The van der Waals surface area contributed by atoms with Gasteiger partial charge in [0.05, 0.1) is 0 Å². The smallest absolute Gasteiger partial charge is 0.257 e. The molecule has 0 unspecified atom stereocenters. The SMILES string of the molecule is Cc1cccn2nc(NN)nc12. The summed E-state index contributed by atoms with van der Waals surface area (Å²) < 4.78 is 1.69. The predicted molar refractivity (Wildman–Crippen MR) is 45.5 cm³/mol. The molecule has 5 heteroatoms. The molecule has 3 N–H and O–H groups in total. The minimum atomic E-state index is 0.435. The Morgan fingerprint density at radius 3 is 3.08 bits per heavy atom. The lowest BCUT2D eigenvalue weighted by atomic mass is 10.3. The van der Waals surface area contributed by atoms with E-state index in [1.165, 1.54) is 0 Å². The van der Waals surface area contributed by atoms with Gasteiger partial charge in [-0.3, -0.25) is 5.43 Å². The molecule has 2 aromatic rings. The fourth-order valence-corrected chi connectivity index (χ4v) is 1.10. The molecule has 2 rings (SSSR count). The molecule has 0 aliphatic carbocycles. The summed E-state index contributed by atoms with van der Waals surface area (Å²) in [6.07, 6.45) is 1.83. The molecule has 0 saturated carbocycles. The van der Waals surface area contributed by atoms with Crippen molar-refractivity contribution in [3.63, 3.8) is 0 Å². The summed E-state index contributed by atoms with van der Waals surface area (Å²) in [5.74, 6) is 5.61. The minimum absolute atomic E-state index is 0.435. The standard InChI is InChI=1S/C7H9N5/c1-5-3-2-4-12-6(5)9-7(10-8)11-12/h2-4H,8H2,1H3,(H,10,11). The summed E-state index contributed by atoms with van der Waals surface area (Å²) in [7, 11) is 0. The summed E-state index contributed by atoms with van der Waals surface area (Å²) in [4.78, 5) is 4.15. The van der Waals surface area contributed by atoms with Crippen molar-refractivity contribution in [1.29, 1.82) is 0 Å². The first-order chi connectivity index (χ1) is 5.81. The van der Waals surface area contributed by atoms with E-state index >= 15 is 0 Å². The van der Waals surface area contributed by atoms with Gasteiger partial charge in [0.15, 0.2) is 5.65 Å². The number of anilines is 1. The van der Waals surface area contributed by atoms with E-state index in [2.05, 4.69) is 15.5 Å². The molecule has 0 bridgehead atoms. The third kappa shape index (κ3) is 0.911. The van der Waals surface area contributed by atoms with E-state index in [9.17, 15) is 0 Å². The van der Waals surface area contributed by atoms with Crippen molar-refractivity contribution in [2.75, 3.05) is 5.43 Å². The third-order valence-corrected chi connectivity index (χ3v) is 1.69. The van der Waals surface area contributed by atoms with Crippen LogP contribution in [0.3, 0.4) is 0 Å². The molecule has 2 aromatic heterocycles. The first-order valence-corrected chi connectivity index (χ1v) is 3.60. The van der Waals surface area contributed by atoms with Crippen molar-refractivity contribution < 1.29 is 0 Å². The van der Waals surface area contributed by atoms with Gasteiger partial charge in [-0.05, 0) is 18.6 Å². The largest absolute Gasteiger partial charge is 0.291 e. The minimum Gasteiger partial charge on any atom is -0.291 e. The van der Waals surface area contributed by atoms with Crippen LogP contribution in [0.1, 0.15) is 5.56 Å². The van der Waals surface area contributed by atoms with E-state index in [4.69, 9.17) is 5.84 Å². The topological polar surface area (TPSA) is 68.2 Å². The number of pyridine rings is 1. The van der Waals surface area contributed by atoms with Gasteiger partial charge >= 0.3 is 0 Å². The predicted octanol–water partition coefficient (Wildman–Crippen LogP) is 0.323. The van der Waals surface area contributed by atoms with E-state index in [1.807, 2.05) is 25.3 Å². The van der Waals surface area contributed by atoms with Gasteiger partial charge in [-0.15, -0.1) is 5.10 Å². The average Bonchev–Trinajstić information content (AvgIpc) is 2.49. The van der Waals surface area contributed by atoms with Gasteiger partial charge in [0.25, 0.3) is 5.95 Å². The Morgan fingerprint density at radius 2 is 2.42 bits per heavy atom. The summed E-state index contributed by atoms with van der Waals surface area (Å²) in [6.45, 7) is 1.98. The van der Waals surface area contributed by atoms with Crippen LogP contribution in [0.15, 0.2) is 18.3 Å². The van der Waals surface area contributed by atoms with Gasteiger partial charge in [-0.1, -0.05) is 6.07 Å². The number of nitrogens with zero attached hydrogens (tertiary/aromatic N) is 3. The number of hydrazine groups is 1. The number of fused-ring (bicyclic) bond motifs is 1. The zero-order valence-electron chi connectivity index (χ0n) is 6.65. The van der Waals surface area contributed by atoms with Crippen LogP contribution in [-0.4, -0.2) is 14.6 Å². The van der Waals surface area contributed by atoms with E-state index in [0.29, 0.717) is 5.95 Å². The van der Waals surface area contributed by atoms with Crippen molar-refractivity contribution in [2.45, 2.75) is 6.92 Å². The molecule has 5 nitrogen and oxygen atoms in total. The highest BCUT2D eigenvalue weighted by molar-refractivity contribution is 5.49. The Balaban J connectivity index is 2.74. The van der Waals surface area contributed by atoms with Crippen LogP contribution in [0.2, 0.25) is 0 Å². The van der Waals surface area contributed by atoms with E-state index in [-0.39, 0.29) is 0 Å². The Hall–Kier alpha value is -1.62. The first-order valence-electron chi connectivity index (χ1n) is 3.60. The van der Waals surface area contributed by atoms with Crippen LogP contribution in [-0.2, 0) is 0 Å². The monoisotopic (exact) mass is 163 g/mol. The van der Waals surface area contributed by atoms with Gasteiger partial charge in [0, 0.05) is 6.20 Å². The van der Waals surface area contributed by atoms with Crippen molar-refractivity contribution >= 4 is 11.6 Å². The average molecular weight is 163 g/mol. The van der Waals surface area contributed by atoms with Crippen LogP contribution >= 0.6 is 0 Å². The zero-order chi connectivity index (χ0) is 8.55. The zero-order valence-corrected chi connectivity index (χ0v) is 6.65. The van der Waals surface area contributed by atoms with Crippen molar-refractivity contribution in [3.05, 3.63) is 23.9 Å². The second kappa shape index (κ2) is 2.46. The molecule has 0 aliphatic heterocycles. The number of aromatic nitrogens is 3. The van der Waals surface area contributed by atoms with Gasteiger partial charge < -0.3 is 0 Å². The molecule has 0 aliphatic rings. The molecule has 0 spiro atoms. The fraction of sp³-hybridized carbons (Fsp3) is 0.143. The Bertz CT molecular complexity index is 405. The molecular weight excluding hydrogens is 154 g/mol. The first kappa shape index (κ1) is 7.05. The van der Waals surface area contributed by atoms with Gasteiger partial charge in [-0.25, -0.2) is 10.4 Å². The lowest BCUT2D eigenvalue weighted by molar-refractivity contribution is 0.953. The van der Waals surface area contributed by atoms with Crippen molar-refractivity contribution in [2.24, 2.45) is 5.84 Å². The summed E-state index contributed by atoms with van der Waals surface area (Å²) in [5.41, 5.74) is 4.30. The summed E-state index contributed by atoms with van der Waals surface area (Å²) >= 11 is 0. The maximum atomic E-state index is 5.18. The van der Waals surface area contributed by atoms with Gasteiger partial charge in [0.2, 0.25) is 0 Å². The second-order valence-electron chi connectivity index (χ2n) is 2.54. The molecule has 0 aromatic carbocycles. The number of hydrogen-bond donors (Lipinski definition) is 2. The number of nitrogens with two attached hydrogens (primary N) is 1. The summed E-state index contributed by atoms with van der Waals surface area (Å²) in [6, 6.07) is 3.89. The molecular formula is C7H9N5. The van der Waals surface area contributed by atoms with Gasteiger partial charge in [-0.2, -0.15) is 4.98 Å². The quantitative estimate of drug-likeness (QED) is 0.469. The van der Waals surface area contributed by atoms with E-state index in [1.54, 1.807) is 4.52 Å². The maximum Gasteiger partial charge on any atom is 0.257 e. The highest BCUT2D eigenvalue weighted by Crippen LogP contribution is 2.08. The number of aryl methyl sites for hydroxylation is 1. The van der Waals surface area contributed by atoms with Crippen LogP contribution in [0.5, 0.6) is 0 Å². The number of rotatable bonds is 1. The summed E-state index contributed by atoms with van der Waals surface area (Å²) in [5, 5.41) is 4.06. The fourth-order valence-electron chi connectivity index (χ4n) is 1.10. The van der Waals surface area contributed by atoms with Crippen LogP contribution in [0.4, 0.5) is 5.95 Å². The number of nitrogens with one attached hydrogen (secondary N) is 1. The third-order valence-electron chi connectivity index (χ3n) is 1.69. The van der Waals surface area contributed by atoms with Gasteiger partial charge in [0.1, 0.15) is 0 Å². The van der Waals surface area contributed by atoms with Crippen molar-refractivity contribution in [3.8, 4) is 0 Å². The molecule has 0 fully saturated rings. The number of hydrogen-bond acceptors (Lipinski definition) is 4. The van der Waals surface area contributed by atoms with E-state index in [0.717, 1.165) is 11.2 Å².